The Bertz CT molecular complexity index is 605. The first kappa shape index (κ1) is 12.8. The predicted molar refractivity (Wildman–Crippen MR) is 70.8 cm³/mol. The Morgan fingerprint density at radius 2 is 1.89 bits per heavy atom. The quantitative estimate of drug-likeness (QED) is 0.834. The molecule has 4 heteroatoms. The normalized spacial score (nSPS) is 10.7. The second-order valence-corrected chi connectivity index (χ2v) is 3.90. The first-order chi connectivity index (χ1) is 9.20. The van der Waals surface area contributed by atoms with Gasteiger partial charge in [0.15, 0.2) is 0 Å². The summed E-state index contributed by atoms with van der Waals surface area (Å²) in [5.41, 5.74) is 1.77. The summed E-state index contributed by atoms with van der Waals surface area (Å²) in [6.45, 7) is 0. The second kappa shape index (κ2) is 5.82. The van der Waals surface area contributed by atoms with Crippen molar-refractivity contribution in [2.45, 2.75) is 6.42 Å². The highest BCUT2D eigenvalue weighted by Gasteiger charge is 2.09. The molecule has 0 unspecified atom stereocenters. The van der Waals surface area contributed by atoms with Gasteiger partial charge in [0, 0.05) is 12.0 Å². The van der Waals surface area contributed by atoms with E-state index in [0.717, 1.165) is 17.4 Å². The third-order valence-corrected chi connectivity index (χ3v) is 2.55. The average molecular weight is 256 g/mol. The van der Waals surface area contributed by atoms with E-state index >= 15 is 0 Å². The lowest BCUT2D eigenvalue weighted by atomic mass is 10.1. The number of rotatable bonds is 5. The minimum Gasteiger partial charge on any atom is -0.475 e. The Labute approximate surface area is 110 Å². The van der Waals surface area contributed by atoms with Gasteiger partial charge in [-0.2, -0.15) is 0 Å². The minimum atomic E-state index is -1.08. The molecule has 0 saturated heterocycles. The molecule has 2 rings (SSSR count). The molecule has 1 N–H and O–H groups in total. The van der Waals surface area contributed by atoms with Gasteiger partial charge in [-0.15, -0.1) is 0 Å². The summed E-state index contributed by atoms with van der Waals surface area (Å²) in [6, 6.07) is 10.5. The van der Waals surface area contributed by atoms with Gasteiger partial charge in [-0.3, -0.25) is 0 Å². The number of aldehydes is 1. The van der Waals surface area contributed by atoms with Crippen LogP contribution in [-0.4, -0.2) is 17.4 Å². The van der Waals surface area contributed by atoms with Gasteiger partial charge in [0.2, 0.25) is 5.76 Å². The van der Waals surface area contributed by atoms with E-state index in [-0.39, 0.29) is 5.76 Å². The van der Waals surface area contributed by atoms with Crippen molar-refractivity contribution < 1.29 is 19.1 Å². The zero-order chi connectivity index (χ0) is 13.7. The van der Waals surface area contributed by atoms with Gasteiger partial charge in [-0.05, 0) is 17.7 Å². The smallest absolute Gasteiger partial charge is 0.371 e. The minimum absolute atomic E-state index is 0.0787. The summed E-state index contributed by atoms with van der Waals surface area (Å²) < 4.78 is 5.21. The molecule has 1 aromatic heterocycles. The summed E-state index contributed by atoms with van der Waals surface area (Å²) in [7, 11) is 0. The molecule has 0 atom stereocenters. The van der Waals surface area contributed by atoms with Crippen molar-refractivity contribution in [2.24, 2.45) is 0 Å². The number of benzene rings is 1. The first-order valence-corrected chi connectivity index (χ1v) is 5.74. The van der Waals surface area contributed by atoms with Gasteiger partial charge >= 0.3 is 5.97 Å². The van der Waals surface area contributed by atoms with E-state index in [9.17, 15) is 9.59 Å². The van der Waals surface area contributed by atoms with Crippen LogP contribution in [0.4, 0.5) is 0 Å². The molecule has 0 aliphatic rings. The molecule has 2 aromatic rings. The van der Waals surface area contributed by atoms with Crippen molar-refractivity contribution in [1.29, 1.82) is 0 Å². The van der Waals surface area contributed by atoms with Crippen molar-refractivity contribution in [3.63, 3.8) is 0 Å². The molecule has 0 radical (unpaired) electrons. The number of carboxylic acid groups (broad SMARTS) is 1. The maximum absolute atomic E-state index is 10.7. The monoisotopic (exact) mass is 256 g/mol. The van der Waals surface area contributed by atoms with E-state index in [1.54, 1.807) is 12.1 Å². The number of allylic oxidation sites excluding steroid dienone is 1. The van der Waals surface area contributed by atoms with Crippen molar-refractivity contribution >= 4 is 18.3 Å². The molecule has 0 saturated carbocycles. The SMILES string of the molecule is O=CCC=Cc1ccc(-c2ccc(C(=O)O)o2)cc1. The number of aromatic carboxylic acids is 1. The van der Waals surface area contributed by atoms with Gasteiger partial charge in [0.05, 0.1) is 0 Å². The highest BCUT2D eigenvalue weighted by molar-refractivity contribution is 5.85. The Balaban J connectivity index is 2.17. The lowest BCUT2D eigenvalue weighted by Gasteiger charge is -1.98. The number of hydrogen-bond donors (Lipinski definition) is 1. The average Bonchev–Trinajstić information content (AvgIpc) is 2.90. The lowest BCUT2D eigenvalue weighted by molar-refractivity contribution is -0.107. The zero-order valence-electron chi connectivity index (χ0n) is 10.1. The van der Waals surface area contributed by atoms with Crippen LogP contribution in [0.3, 0.4) is 0 Å². The van der Waals surface area contributed by atoms with E-state index in [2.05, 4.69) is 0 Å². The summed E-state index contributed by atoms with van der Waals surface area (Å²) >= 11 is 0. The van der Waals surface area contributed by atoms with Crippen molar-refractivity contribution in [3.05, 3.63) is 53.8 Å². The standard InChI is InChI=1S/C15H12O4/c16-10-2-1-3-11-4-6-12(7-5-11)13-8-9-14(19-13)15(17)18/h1,3-10H,2H2,(H,17,18). The molecule has 0 bridgehead atoms. The molecule has 96 valence electrons. The maximum Gasteiger partial charge on any atom is 0.371 e. The Hall–Kier alpha value is -2.62. The molecule has 1 heterocycles. The number of carbonyl (C=O) groups is 2. The van der Waals surface area contributed by atoms with E-state index in [0.29, 0.717) is 12.2 Å². The maximum atomic E-state index is 10.7. The van der Waals surface area contributed by atoms with Crippen molar-refractivity contribution in [1.82, 2.24) is 0 Å². The van der Waals surface area contributed by atoms with Crippen molar-refractivity contribution in [3.8, 4) is 11.3 Å². The molecule has 4 nitrogen and oxygen atoms in total. The Morgan fingerprint density at radius 3 is 2.47 bits per heavy atom. The van der Waals surface area contributed by atoms with E-state index in [4.69, 9.17) is 9.52 Å². The zero-order valence-corrected chi connectivity index (χ0v) is 10.1. The van der Waals surface area contributed by atoms with Gasteiger partial charge in [-0.1, -0.05) is 36.4 Å². The summed E-state index contributed by atoms with van der Waals surface area (Å²) in [5, 5.41) is 8.78. The van der Waals surface area contributed by atoms with Gasteiger partial charge in [-0.25, -0.2) is 4.79 Å². The van der Waals surface area contributed by atoms with Crippen molar-refractivity contribution in [2.75, 3.05) is 0 Å². The van der Waals surface area contributed by atoms with E-state index < -0.39 is 5.97 Å². The highest BCUT2D eigenvalue weighted by atomic mass is 16.4. The summed E-state index contributed by atoms with van der Waals surface area (Å²) in [6.07, 6.45) is 4.85. The first-order valence-electron chi connectivity index (χ1n) is 5.74. The molecule has 0 aliphatic heterocycles. The number of hydrogen-bond acceptors (Lipinski definition) is 3. The lowest BCUT2D eigenvalue weighted by Crippen LogP contribution is -1.91. The van der Waals surface area contributed by atoms with Crippen LogP contribution >= 0.6 is 0 Å². The molecular formula is C15H12O4. The molecule has 0 aliphatic carbocycles. The Morgan fingerprint density at radius 1 is 1.16 bits per heavy atom. The highest BCUT2D eigenvalue weighted by Crippen LogP contribution is 2.22. The van der Waals surface area contributed by atoms with E-state index in [1.165, 1.54) is 6.07 Å². The number of furan rings is 1. The summed E-state index contributed by atoms with van der Waals surface area (Å²) in [5.74, 6) is -0.648. The van der Waals surface area contributed by atoms with Crippen LogP contribution in [0.2, 0.25) is 0 Å². The fourth-order valence-corrected chi connectivity index (χ4v) is 1.63. The molecule has 1 aromatic carbocycles. The largest absolute Gasteiger partial charge is 0.475 e. The van der Waals surface area contributed by atoms with Gasteiger partial charge in [0.25, 0.3) is 0 Å². The van der Waals surface area contributed by atoms with Crippen LogP contribution < -0.4 is 0 Å². The molecule has 0 spiro atoms. The molecular weight excluding hydrogens is 244 g/mol. The number of carboxylic acids is 1. The van der Waals surface area contributed by atoms with Gasteiger partial charge in [0.1, 0.15) is 12.0 Å². The van der Waals surface area contributed by atoms with Crippen LogP contribution in [0, 0.1) is 0 Å². The topological polar surface area (TPSA) is 67.5 Å². The van der Waals surface area contributed by atoms with Crippen LogP contribution in [0.25, 0.3) is 17.4 Å². The van der Waals surface area contributed by atoms with Crippen LogP contribution in [-0.2, 0) is 4.79 Å². The van der Waals surface area contributed by atoms with Gasteiger partial charge < -0.3 is 14.3 Å². The van der Waals surface area contributed by atoms with Crippen LogP contribution in [0.1, 0.15) is 22.5 Å². The third-order valence-electron chi connectivity index (χ3n) is 2.55. The molecule has 19 heavy (non-hydrogen) atoms. The number of carbonyl (C=O) groups excluding carboxylic acids is 1. The molecule has 0 amide bonds. The molecule has 0 fully saturated rings. The van der Waals surface area contributed by atoms with E-state index in [1.807, 2.05) is 30.3 Å². The Kier molecular flexibility index (Phi) is 3.93. The summed E-state index contributed by atoms with van der Waals surface area (Å²) in [4.78, 5) is 20.9. The third kappa shape index (κ3) is 3.19. The van der Waals surface area contributed by atoms with Crippen LogP contribution in [0.5, 0.6) is 0 Å². The predicted octanol–water partition coefficient (Wildman–Crippen LogP) is 3.25. The van der Waals surface area contributed by atoms with Crippen LogP contribution in [0.15, 0.2) is 46.9 Å². The second-order valence-electron chi connectivity index (χ2n) is 3.90. The fourth-order valence-electron chi connectivity index (χ4n) is 1.63. The fraction of sp³-hybridized carbons (Fsp3) is 0.0667.